The van der Waals surface area contributed by atoms with Gasteiger partial charge in [0, 0.05) is 23.7 Å². The zero-order valence-corrected chi connectivity index (χ0v) is 13.9. The molecule has 1 saturated carbocycles. The van der Waals surface area contributed by atoms with Crippen LogP contribution < -0.4 is 24.3 Å². The monoisotopic (exact) mass is 327 g/mol. The second-order valence-corrected chi connectivity index (χ2v) is 6.18. The third-order valence-electron chi connectivity index (χ3n) is 4.79. The number of hydrogen-bond acceptors (Lipinski definition) is 5. The van der Waals surface area contributed by atoms with Crippen LogP contribution in [-0.4, -0.2) is 21.0 Å². The SMILES string of the molecule is COc1ccc(C2(NCc3cc4c(cc3OC)OCO4)CC2)cc1. The lowest BCUT2D eigenvalue weighted by molar-refractivity contribution is 0.174. The van der Waals surface area contributed by atoms with Gasteiger partial charge in [-0.15, -0.1) is 0 Å². The molecule has 126 valence electrons. The van der Waals surface area contributed by atoms with Crippen molar-refractivity contribution in [2.24, 2.45) is 0 Å². The van der Waals surface area contributed by atoms with Gasteiger partial charge in [-0.1, -0.05) is 12.1 Å². The summed E-state index contributed by atoms with van der Waals surface area (Å²) in [5.74, 6) is 3.22. The Balaban J connectivity index is 1.52. The topological polar surface area (TPSA) is 49.0 Å². The zero-order valence-electron chi connectivity index (χ0n) is 13.9. The van der Waals surface area contributed by atoms with E-state index >= 15 is 0 Å². The molecule has 1 heterocycles. The summed E-state index contributed by atoms with van der Waals surface area (Å²) in [6.07, 6.45) is 2.26. The summed E-state index contributed by atoms with van der Waals surface area (Å²) in [6.45, 7) is 0.983. The van der Waals surface area contributed by atoms with Crippen LogP contribution in [0.15, 0.2) is 36.4 Å². The molecule has 24 heavy (non-hydrogen) atoms. The maximum atomic E-state index is 5.50. The smallest absolute Gasteiger partial charge is 0.231 e. The van der Waals surface area contributed by atoms with Crippen molar-refractivity contribution in [2.75, 3.05) is 21.0 Å². The quantitative estimate of drug-likeness (QED) is 0.883. The molecule has 5 heteroatoms. The maximum absolute atomic E-state index is 5.50. The molecular weight excluding hydrogens is 306 g/mol. The van der Waals surface area contributed by atoms with Gasteiger partial charge in [0.25, 0.3) is 0 Å². The van der Waals surface area contributed by atoms with Crippen molar-refractivity contribution in [1.29, 1.82) is 0 Å². The van der Waals surface area contributed by atoms with E-state index in [1.807, 2.05) is 24.3 Å². The van der Waals surface area contributed by atoms with Gasteiger partial charge in [0.2, 0.25) is 6.79 Å². The number of fused-ring (bicyclic) bond motifs is 1. The molecule has 4 rings (SSSR count). The fourth-order valence-electron chi connectivity index (χ4n) is 3.16. The van der Waals surface area contributed by atoms with Crippen molar-refractivity contribution in [2.45, 2.75) is 24.9 Å². The van der Waals surface area contributed by atoms with Crippen LogP contribution in [0.4, 0.5) is 0 Å². The van der Waals surface area contributed by atoms with Gasteiger partial charge in [-0.25, -0.2) is 0 Å². The largest absolute Gasteiger partial charge is 0.497 e. The molecule has 0 spiro atoms. The molecule has 0 radical (unpaired) electrons. The molecular formula is C19H21NO4. The Morgan fingerprint density at radius 2 is 1.71 bits per heavy atom. The number of nitrogens with one attached hydrogen (secondary N) is 1. The van der Waals surface area contributed by atoms with Crippen LogP contribution in [0.2, 0.25) is 0 Å². The molecule has 0 unspecified atom stereocenters. The van der Waals surface area contributed by atoms with Crippen molar-refractivity contribution in [1.82, 2.24) is 5.32 Å². The number of benzene rings is 2. The lowest BCUT2D eigenvalue weighted by atomic mass is 10.0. The van der Waals surface area contributed by atoms with Gasteiger partial charge in [0.15, 0.2) is 11.5 Å². The maximum Gasteiger partial charge on any atom is 0.231 e. The Labute approximate surface area is 141 Å². The first kappa shape index (κ1) is 15.1. The van der Waals surface area contributed by atoms with Crippen molar-refractivity contribution in [3.63, 3.8) is 0 Å². The van der Waals surface area contributed by atoms with Crippen LogP contribution in [0.25, 0.3) is 0 Å². The summed E-state index contributed by atoms with van der Waals surface area (Å²) in [6, 6.07) is 12.2. The normalized spacial score (nSPS) is 16.8. The highest BCUT2D eigenvalue weighted by molar-refractivity contribution is 5.52. The second kappa shape index (κ2) is 5.91. The lowest BCUT2D eigenvalue weighted by Crippen LogP contribution is -2.28. The summed E-state index contributed by atoms with van der Waals surface area (Å²) in [5.41, 5.74) is 2.41. The van der Waals surface area contributed by atoms with E-state index in [1.165, 1.54) is 5.56 Å². The molecule has 1 aliphatic carbocycles. The minimum atomic E-state index is 0.0493. The fraction of sp³-hybridized carbons (Fsp3) is 0.368. The molecule has 0 aromatic heterocycles. The van der Waals surface area contributed by atoms with Gasteiger partial charge in [-0.05, 0) is 36.6 Å². The van der Waals surface area contributed by atoms with Crippen molar-refractivity contribution in [3.8, 4) is 23.0 Å². The molecule has 5 nitrogen and oxygen atoms in total. The minimum absolute atomic E-state index is 0.0493. The first-order chi connectivity index (χ1) is 11.7. The Morgan fingerprint density at radius 1 is 1.00 bits per heavy atom. The number of ether oxygens (including phenoxy) is 4. The third kappa shape index (κ3) is 2.65. The van der Waals surface area contributed by atoms with E-state index in [4.69, 9.17) is 18.9 Å². The molecule has 0 atom stereocenters. The zero-order chi connectivity index (χ0) is 16.6. The average molecular weight is 327 g/mol. The minimum Gasteiger partial charge on any atom is -0.497 e. The van der Waals surface area contributed by atoms with E-state index in [0.29, 0.717) is 6.54 Å². The first-order valence-electron chi connectivity index (χ1n) is 8.10. The predicted molar refractivity (Wildman–Crippen MR) is 89.9 cm³/mol. The first-order valence-corrected chi connectivity index (χ1v) is 8.10. The van der Waals surface area contributed by atoms with E-state index in [-0.39, 0.29) is 12.3 Å². The lowest BCUT2D eigenvalue weighted by Gasteiger charge is -2.19. The van der Waals surface area contributed by atoms with Crippen molar-refractivity contribution in [3.05, 3.63) is 47.5 Å². The molecule has 1 aliphatic heterocycles. The van der Waals surface area contributed by atoms with Crippen LogP contribution >= 0.6 is 0 Å². The molecule has 1 fully saturated rings. The molecule has 2 aliphatic rings. The van der Waals surface area contributed by atoms with E-state index in [9.17, 15) is 0 Å². The number of methoxy groups -OCH3 is 2. The molecule has 0 amide bonds. The summed E-state index contributed by atoms with van der Waals surface area (Å²) in [4.78, 5) is 0. The van der Waals surface area contributed by atoms with Gasteiger partial charge in [0.05, 0.1) is 14.2 Å². The molecule has 1 N–H and O–H groups in total. The van der Waals surface area contributed by atoms with Crippen molar-refractivity contribution >= 4 is 0 Å². The fourth-order valence-corrected chi connectivity index (χ4v) is 3.16. The van der Waals surface area contributed by atoms with Crippen LogP contribution in [0.3, 0.4) is 0 Å². The Bertz CT molecular complexity index is 738. The van der Waals surface area contributed by atoms with Crippen LogP contribution in [0, 0.1) is 0 Å². The van der Waals surface area contributed by atoms with Crippen molar-refractivity contribution < 1.29 is 18.9 Å². The van der Waals surface area contributed by atoms with Crippen LogP contribution in [0.5, 0.6) is 23.0 Å². The second-order valence-electron chi connectivity index (χ2n) is 6.18. The Morgan fingerprint density at radius 3 is 2.33 bits per heavy atom. The highest BCUT2D eigenvalue weighted by atomic mass is 16.7. The van der Waals surface area contributed by atoms with Gasteiger partial charge in [-0.2, -0.15) is 0 Å². The summed E-state index contributed by atoms with van der Waals surface area (Å²) < 4.78 is 21.6. The highest BCUT2D eigenvalue weighted by Gasteiger charge is 2.43. The highest BCUT2D eigenvalue weighted by Crippen LogP contribution is 2.46. The molecule has 0 saturated heterocycles. The average Bonchev–Trinajstić information content (AvgIpc) is 3.29. The summed E-state index contributed by atoms with van der Waals surface area (Å²) in [5, 5.41) is 3.69. The molecule has 2 aromatic rings. The molecule has 0 bridgehead atoms. The van der Waals surface area contributed by atoms with Gasteiger partial charge >= 0.3 is 0 Å². The predicted octanol–water partition coefficient (Wildman–Crippen LogP) is 3.21. The van der Waals surface area contributed by atoms with E-state index in [2.05, 4.69) is 17.4 Å². The van der Waals surface area contributed by atoms with Crippen LogP contribution in [-0.2, 0) is 12.1 Å². The van der Waals surface area contributed by atoms with E-state index < -0.39 is 0 Å². The summed E-state index contributed by atoms with van der Waals surface area (Å²) >= 11 is 0. The van der Waals surface area contributed by atoms with E-state index in [1.54, 1.807) is 14.2 Å². The van der Waals surface area contributed by atoms with Gasteiger partial charge in [0.1, 0.15) is 11.5 Å². The van der Waals surface area contributed by atoms with Gasteiger partial charge < -0.3 is 24.3 Å². The Kier molecular flexibility index (Phi) is 3.73. The third-order valence-corrected chi connectivity index (χ3v) is 4.79. The standard InChI is InChI=1S/C19H21NO4/c1-21-15-5-3-14(4-6-15)19(7-8-19)20-11-13-9-17-18(24-12-23-17)10-16(13)22-2/h3-6,9-10,20H,7-8,11-12H2,1-2H3. The molecule has 2 aromatic carbocycles. The van der Waals surface area contributed by atoms with Gasteiger partial charge in [-0.3, -0.25) is 0 Å². The van der Waals surface area contributed by atoms with E-state index in [0.717, 1.165) is 41.4 Å². The number of rotatable bonds is 6. The Hall–Kier alpha value is -2.40. The summed E-state index contributed by atoms with van der Waals surface area (Å²) in [7, 11) is 3.36. The number of hydrogen-bond donors (Lipinski definition) is 1. The van der Waals surface area contributed by atoms with Crippen LogP contribution in [0.1, 0.15) is 24.0 Å².